The number of hydrogen-bond acceptors (Lipinski definition) is 3. The van der Waals surface area contributed by atoms with Crippen molar-refractivity contribution in [2.45, 2.75) is 6.18 Å². The van der Waals surface area contributed by atoms with E-state index in [1.54, 1.807) is 6.07 Å². The highest BCUT2D eigenvalue weighted by molar-refractivity contribution is 9.10. The second-order valence-electron chi connectivity index (χ2n) is 3.51. The molecular weight excluding hydrogens is 367 g/mol. The van der Waals surface area contributed by atoms with Gasteiger partial charge in [0.2, 0.25) is 5.78 Å². The molecule has 0 atom stereocenters. The molecule has 0 saturated heterocycles. The topological polar surface area (TPSA) is 30.0 Å². The molecule has 0 aliphatic rings. The zero-order valence-corrected chi connectivity index (χ0v) is 12.1. The Kier molecular flexibility index (Phi) is 3.98. The van der Waals surface area contributed by atoms with Gasteiger partial charge >= 0.3 is 6.18 Å². The fourth-order valence-electron chi connectivity index (χ4n) is 1.34. The molecule has 1 heterocycles. The molecule has 0 aliphatic heterocycles. The van der Waals surface area contributed by atoms with Crippen LogP contribution in [0.1, 0.15) is 20.2 Å². The summed E-state index contributed by atoms with van der Waals surface area (Å²) in [5.41, 5.74) is 0.205. The van der Waals surface area contributed by atoms with Crippen LogP contribution in [0.3, 0.4) is 0 Å². The highest BCUT2D eigenvalue weighted by atomic mass is 79.9. The molecule has 0 aliphatic carbocycles. The number of alkyl halides is 3. The van der Waals surface area contributed by atoms with Gasteiger partial charge in [0.05, 0.1) is 4.88 Å². The van der Waals surface area contributed by atoms with Crippen LogP contribution in [0.5, 0.6) is 0 Å². The molecule has 0 spiro atoms. The van der Waals surface area contributed by atoms with Crippen LogP contribution >= 0.6 is 38.9 Å². The maximum atomic E-state index is 12.4. The third-order valence-corrected chi connectivity index (χ3v) is 3.81. The molecule has 2 nitrogen and oxygen atoms in total. The Labute approximate surface area is 123 Å². The molecule has 0 N–H and O–H groups in total. The Morgan fingerprint density at radius 3 is 2.53 bits per heavy atom. The molecule has 0 unspecified atom stereocenters. The Morgan fingerprint density at radius 2 is 2.00 bits per heavy atom. The smallest absolute Gasteiger partial charge is 0.288 e. The molecular formula is C11H4BrClF3NOS. The van der Waals surface area contributed by atoms with Crippen LogP contribution in [0.25, 0.3) is 0 Å². The normalized spacial score (nSPS) is 11.6. The molecule has 1 aromatic heterocycles. The molecule has 0 fully saturated rings. The molecule has 0 saturated carbocycles. The second kappa shape index (κ2) is 5.22. The predicted molar refractivity (Wildman–Crippen MR) is 69.7 cm³/mol. The lowest BCUT2D eigenvalue weighted by Gasteiger charge is -2.01. The molecule has 8 heteroatoms. The monoisotopic (exact) mass is 369 g/mol. The van der Waals surface area contributed by atoms with Gasteiger partial charge in [-0.05, 0) is 18.2 Å². The fourth-order valence-corrected chi connectivity index (χ4v) is 2.94. The van der Waals surface area contributed by atoms with E-state index in [4.69, 9.17) is 11.6 Å². The van der Waals surface area contributed by atoms with Crippen molar-refractivity contribution in [3.05, 3.63) is 49.3 Å². The van der Waals surface area contributed by atoms with Crippen molar-refractivity contribution in [3.8, 4) is 0 Å². The third kappa shape index (κ3) is 3.34. The summed E-state index contributed by atoms with van der Waals surface area (Å²) in [6.07, 6.45) is -3.62. The number of hydrogen-bond donors (Lipinski definition) is 0. The van der Waals surface area contributed by atoms with Crippen molar-refractivity contribution in [3.63, 3.8) is 0 Å². The van der Waals surface area contributed by atoms with Crippen LogP contribution in [0.4, 0.5) is 13.2 Å². The average molecular weight is 371 g/mol. The van der Waals surface area contributed by atoms with Crippen LogP contribution in [-0.2, 0) is 6.18 Å². The Hall–Kier alpha value is -0.920. The van der Waals surface area contributed by atoms with Crippen molar-refractivity contribution < 1.29 is 18.0 Å². The first kappa shape index (κ1) is 14.5. The van der Waals surface area contributed by atoms with E-state index >= 15 is 0 Å². The number of carbonyl (C=O) groups is 1. The van der Waals surface area contributed by atoms with E-state index < -0.39 is 17.0 Å². The van der Waals surface area contributed by atoms with Gasteiger partial charge in [-0.3, -0.25) is 4.79 Å². The summed E-state index contributed by atoms with van der Waals surface area (Å²) < 4.78 is 37.8. The zero-order valence-electron chi connectivity index (χ0n) is 8.96. The number of aromatic nitrogens is 1. The standard InChI is InChI=1S/C11H4BrClF3NOS/c12-6-1-5(2-7(13)3-6)9(18)8-4-17-10(19-8)11(14,15)16/h1-4H. The van der Waals surface area contributed by atoms with E-state index in [0.29, 0.717) is 20.8 Å². The van der Waals surface area contributed by atoms with Crippen molar-refractivity contribution in [2.75, 3.05) is 0 Å². The average Bonchev–Trinajstić information content (AvgIpc) is 2.75. The SMILES string of the molecule is O=C(c1cc(Cl)cc(Br)c1)c1cnc(C(F)(F)F)s1. The van der Waals surface area contributed by atoms with E-state index in [1.165, 1.54) is 12.1 Å². The number of benzene rings is 1. The third-order valence-electron chi connectivity index (χ3n) is 2.10. The minimum atomic E-state index is -4.54. The lowest BCUT2D eigenvalue weighted by atomic mass is 10.1. The highest BCUT2D eigenvalue weighted by Gasteiger charge is 2.35. The van der Waals surface area contributed by atoms with Gasteiger partial charge < -0.3 is 0 Å². The van der Waals surface area contributed by atoms with Gasteiger partial charge in [-0.2, -0.15) is 13.2 Å². The molecule has 2 aromatic rings. The van der Waals surface area contributed by atoms with Crippen molar-refractivity contribution in [1.82, 2.24) is 4.98 Å². The number of rotatable bonds is 2. The van der Waals surface area contributed by atoms with Gasteiger partial charge in [0.25, 0.3) is 0 Å². The number of nitrogens with zero attached hydrogens (tertiary/aromatic N) is 1. The molecule has 0 amide bonds. The number of carbonyl (C=O) groups excluding carboxylic acids is 1. The summed E-state index contributed by atoms with van der Waals surface area (Å²) in [7, 11) is 0. The lowest BCUT2D eigenvalue weighted by Crippen LogP contribution is -2.03. The van der Waals surface area contributed by atoms with Crippen LogP contribution in [0.2, 0.25) is 5.02 Å². The van der Waals surface area contributed by atoms with Crippen molar-refractivity contribution in [1.29, 1.82) is 0 Å². The molecule has 19 heavy (non-hydrogen) atoms. The summed E-state index contributed by atoms with van der Waals surface area (Å²) in [4.78, 5) is 15.1. The molecule has 1 aromatic carbocycles. The van der Waals surface area contributed by atoms with Crippen LogP contribution in [0, 0.1) is 0 Å². The zero-order chi connectivity index (χ0) is 14.2. The summed E-state index contributed by atoms with van der Waals surface area (Å²) in [5.74, 6) is -0.545. The Bertz CT molecular complexity index is 621. The second-order valence-corrected chi connectivity index (χ2v) is 5.90. The van der Waals surface area contributed by atoms with Gasteiger partial charge in [0.1, 0.15) is 0 Å². The van der Waals surface area contributed by atoms with Gasteiger partial charge in [-0.25, -0.2) is 4.98 Å². The van der Waals surface area contributed by atoms with Crippen molar-refractivity contribution >= 4 is 44.7 Å². The largest absolute Gasteiger partial charge is 0.443 e. The number of ketones is 1. The Morgan fingerprint density at radius 1 is 1.32 bits per heavy atom. The van der Waals surface area contributed by atoms with Crippen LogP contribution in [0.15, 0.2) is 28.9 Å². The van der Waals surface area contributed by atoms with Gasteiger partial charge in [0.15, 0.2) is 5.01 Å². The first-order valence-electron chi connectivity index (χ1n) is 4.81. The number of thiazole rings is 1. The minimum Gasteiger partial charge on any atom is -0.288 e. The quantitative estimate of drug-likeness (QED) is 0.710. The van der Waals surface area contributed by atoms with Crippen LogP contribution < -0.4 is 0 Å². The predicted octanol–water partition coefficient (Wildman–Crippen LogP) is 4.81. The van der Waals surface area contributed by atoms with E-state index in [1.807, 2.05) is 0 Å². The molecule has 100 valence electrons. The van der Waals surface area contributed by atoms with Gasteiger partial charge in [-0.15, -0.1) is 11.3 Å². The summed E-state index contributed by atoms with van der Waals surface area (Å²) >= 11 is 9.26. The first-order chi connectivity index (χ1) is 8.77. The van der Waals surface area contributed by atoms with E-state index in [0.717, 1.165) is 6.20 Å². The van der Waals surface area contributed by atoms with E-state index in [-0.39, 0.29) is 10.4 Å². The lowest BCUT2D eigenvalue weighted by molar-refractivity contribution is -0.137. The first-order valence-corrected chi connectivity index (χ1v) is 6.80. The van der Waals surface area contributed by atoms with Gasteiger partial charge in [0, 0.05) is 21.3 Å². The van der Waals surface area contributed by atoms with Gasteiger partial charge in [-0.1, -0.05) is 27.5 Å². The summed E-state index contributed by atoms with van der Waals surface area (Å²) in [6, 6.07) is 4.45. The fraction of sp³-hybridized carbons (Fsp3) is 0.0909. The Balaban J connectivity index is 2.36. The molecule has 0 radical (unpaired) electrons. The van der Waals surface area contributed by atoms with Crippen molar-refractivity contribution in [2.24, 2.45) is 0 Å². The number of halogens is 5. The maximum absolute atomic E-state index is 12.4. The highest BCUT2D eigenvalue weighted by Crippen LogP contribution is 2.33. The molecule has 2 rings (SSSR count). The van der Waals surface area contributed by atoms with E-state index in [2.05, 4.69) is 20.9 Å². The van der Waals surface area contributed by atoms with Crippen LogP contribution in [-0.4, -0.2) is 10.8 Å². The minimum absolute atomic E-state index is 0.0820. The molecule has 0 bridgehead atoms. The maximum Gasteiger partial charge on any atom is 0.443 e. The summed E-state index contributed by atoms with van der Waals surface area (Å²) in [5, 5.41) is -0.727. The van der Waals surface area contributed by atoms with E-state index in [9.17, 15) is 18.0 Å². The summed E-state index contributed by atoms with van der Waals surface area (Å²) in [6.45, 7) is 0.